The molecule has 0 heterocycles. The Hall–Kier alpha value is -2.23. The summed E-state index contributed by atoms with van der Waals surface area (Å²) in [5.41, 5.74) is 1.56. The van der Waals surface area contributed by atoms with Crippen LogP contribution in [0.3, 0.4) is 0 Å². The van der Waals surface area contributed by atoms with Crippen LogP contribution in [0.5, 0.6) is 0 Å². The minimum atomic E-state index is -3.81. The van der Waals surface area contributed by atoms with E-state index in [2.05, 4.69) is 26.0 Å². The van der Waals surface area contributed by atoms with Gasteiger partial charge in [-0.1, -0.05) is 24.3 Å². The molecule has 0 saturated carbocycles. The van der Waals surface area contributed by atoms with Gasteiger partial charge in [0.25, 0.3) is 5.91 Å². The molecule has 138 valence electrons. The van der Waals surface area contributed by atoms with Crippen LogP contribution in [0.2, 0.25) is 0 Å². The van der Waals surface area contributed by atoms with Crippen molar-refractivity contribution in [1.82, 2.24) is 4.72 Å². The molecule has 0 atom stereocenters. The predicted octanol–water partition coefficient (Wildman–Crippen LogP) is 2.22. The van der Waals surface area contributed by atoms with Crippen LogP contribution in [0.1, 0.15) is 5.56 Å². The van der Waals surface area contributed by atoms with Gasteiger partial charge in [-0.15, -0.1) is 0 Å². The smallest absolute Gasteiger partial charge is 0.321 e. The van der Waals surface area contributed by atoms with E-state index >= 15 is 0 Å². The van der Waals surface area contributed by atoms with E-state index < -0.39 is 35.1 Å². The van der Waals surface area contributed by atoms with Crippen LogP contribution in [0.15, 0.2) is 57.9 Å². The maximum Gasteiger partial charge on any atom is 0.321 e. The fourth-order valence-corrected chi connectivity index (χ4v) is 3.52. The molecule has 2 aromatic carbocycles. The molecule has 7 nitrogen and oxygen atoms in total. The second kappa shape index (κ2) is 8.93. The number of aryl methyl sites for hydroxylation is 1. The van der Waals surface area contributed by atoms with Gasteiger partial charge in [0.1, 0.15) is 6.54 Å². The van der Waals surface area contributed by atoms with Gasteiger partial charge in [0.05, 0.1) is 10.6 Å². The standard InChI is InChI=1S/C17H17BrN2O5S/c1-12-7-8-15(14(18)9-12)20-16(21)11-25-17(22)10-19-26(23,24)13-5-3-2-4-6-13/h2-9,19H,10-11H2,1H3,(H,20,21). The number of ether oxygens (including phenoxy) is 1. The third kappa shape index (κ3) is 5.94. The maximum atomic E-state index is 12.0. The Balaban J connectivity index is 1.80. The summed E-state index contributed by atoms with van der Waals surface area (Å²) in [6.07, 6.45) is 0. The van der Waals surface area contributed by atoms with Crippen molar-refractivity contribution in [3.63, 3.8) is 0 Å². The molecular formula is C17H17BrN2O5S. The van der Waals surface area contributed by atoms with Gasteiger partial charge in [-0.05, 0) is 52.7 Å². The molecule has 2 aromatic rings. The zero-order valence-electron chi connectivity index (χ0n) is 13.9. The van der Waals surface area contributed by atoms with Crippen LogP contribution in [-0.4, -0.2) is 33.4 Å². The van der Waals surface area contributed by atoms with Crippen molar-refractivity contribution in [2.75, 3.05) is 18.5 Å². The van der Waals surface area contributed by atoms with Crippen LogP contribution < -0.4 is 10.0 Å². The first-order valence-electron chi connectivity index (χ1n) is 7.54. The Labute approximate surface area is 159 Å². The Bertz CT molecular complexity index is 901. The summed E-state index contributed by atoms with van der Waals surface area (Å²) in [6.45, 7) is 0.819. The molecule has 0 radical (unpaired) electrons. The fourth-order valence-electron chi connectivity index (χ4n) is 1.94. The average Bonchev–Trinajstić information content (AvgIpc) is 2.61. The number of sulfonamides is 1. The van der Waals surface area contributed by atoms with Crippen molar-refractivity contribution in [3.8, 4) is 0 Å². The Morgan fingerprint density at radius 1 is 1.12 bits per heavy atom. The summed E-state index contributed by atoms with van der Waals surface area (Å²) in [6, 6.07) is 13.0. The highest BCUT2D eigenvalue weighted by Crippen LogP contribution is 2.23. The Morgan fingerprint density at radius 2 is 1.81 bits per heavy atom. The van der Waals surface area contributed by atoms with E-state index in [1.165, 1.54) is 12.1 Å². The highest BCUT2D eigenvalue weighted by Gasteiger charge is 2.16. The third-order valence-corrected chi connectivity index (χ3v) is 5.30. The number of rotatable bonds is 7. The number of benzene rings is 2. The Kier molecular flexibility index (Phi) is 6.90. The molecule has 1 amide bonds. The first-order valence-corrected chi connectivity index (χ1v) is 9.82. The highest BCUT2D eigenvalue weighted by molar-refractivity contribution is 9.10. The molecular weight excluding hydrogens is 424 g/mol. The average molecular weight is 441 g/mol. The van der Waals surface area contributed by atoms with Gasteiger partial charge in [0.2, 0.25) is 10.0 Å². The summed E-state index contributed by atoms with van der Waals surface area (Å²) >= 11 is 3.33. The summed E-state index contributed by atoms with van der Waals surface area (Å²) < 4.78 is 31.6. The zero-order chi connectivity index (χ0) is 19.2. The first-order chi connectivity index (χ1) is 12.3. The van der Waals surface area contributed by atoms with E-state index in [1.807, 2.05) is 19.1 Å². The number of carbonyl (C=O) groups excluding carboxylic acids is 2. The lowest BCUT2D eigenvalue weighted by atomic mass is 10.2. The lowest BCUT2D eigenvalue weighted by molar-refractivity contribution is -0.146. The quantitative estimate of drug-likeness (QED) is 0.642. The number of esters is 1. The molecule has 9 heteroatoms. The molecule has 0 spiro atoms. The highest BCUT2D eigenvalue weighted by atomic mass is 79.9. The maximum absolute atomic E-state index is 12.0. The molecule has 0 aromatic heterocycles. The van der Waals surface area contributed by atoms with E-state index in [9.17, 15) is 18.0 Å². The second-order valence-electron chi connectivity index (χ2n) is 5.33. The predicted molar refractivity (Wildman–Crippen MR) is 100 cm³/mol. The van der Waals surface area contributed by atoms with Gasteiger partial charge in [0, 0.05) is 4.47 Å². The van der Waals surface area contributed by atoms with Crippen molar-refractivity contribution in [3.05, 3.63) is 58.6 Å². The monoisotopic (exact) mass is 440 g/mol. The number of nitrogens with one attached hydrogen (secondary N) is 2. The van der Waals surface area contributed by atoms with Crippen LogP contribution in [0, 0.1) is 6.92 Å². The lowest BCUT2D eigenvalue weighted by Crippen LogP contribution is -2.32. The molecule has 0 unspecified atom stereocenters. The van der Waals surface area contributed by atoms with Crippen molar-refractivity contribution >= 4 is 43.5 Å². The summed E-state index contributed by atoms with van der Waals surface area (Å²) in [5.74, 6) is -1.39. The second-order valence-corrected chi connectivity index (χ2v) is 7.95. The molecule has 0 aliphatic heterocycles. The number of carbonyl (C=O) groups is 2. The van der Waals surface area contributed by atoms with E-state index in [0.717, 1.165) is 5.56 Å². The van der Waals surface area contributed by atoms with Gasteiger partial charge >= 0.3 is 5.97 Å². The van der Waals surface area contributed by atoms with Crippen molar-refractivity contribution in [1.29, 1.82) is 0 Å². The number of anilines is 1. The van der Waals surface area contributed by atoms with Crippen LogP contribution in [-0.2, 0) is 24.3 Å². The van der Waals surface area contributed by atoms with Gasteiger partial charge in [-0.2, -0.15) is 4.72 Å². The Morgan fingerprint density at radius 3 is 2.46 bits per heavy atom. The topological polar surface area (TPSA) is 102 Å². The number of halogens is 1. The molecule has 26 heavy (non-hydrogen) atoms. The van der Waals surface area contributed by atoms with E-state index in [-0.39, 0.29) is 4.90 Å². The third-order valence-electron chi connectivity index (χ3n) is 3.22. The molecule has 0 bridgehead atoms. The van der Waals surface area contributed by atoms with Crippen LogP contribution in [0.25, 0.3) is 0 Å². The van der Waals surface area contributed by atoms with E-state index in [4.69, 9.17) is 4.74 Å². The van der Waals surface area contributed by atoms with Gasteiger partial charge in [-0.3, -0.25) is 9.59 Å². The van der Waals surface area contributed by atoms with Crippen molar-refractivity contribution < 1.29 is 22.7 Å². The van der Waals surface area contributed by atoms with E-state index in [1.54, 1.807) is 24.3 Å². The number of hydrogen-bond acceptors (Lipinski definition) is 5. The molecule has 0 fully saturated rings. The lowest BCUT2D eigenvalue weighted by Gasteiger charge is -2.09. The molecule has 2 N–H and O–H groups in total. The largest absolute Gasteiger partial charge is 0.455 e. The SMILES string of the molecule is Cc1ccc(NC(=O)COC(=O)CNS(=O)(=O)c2ccccc2)c(Br)c1. The van der Waals surface area contributed by atoms with Gasteiger partial charge < -0.3 is 10.1 Å². The number of amides is 1. The molecule has 0 aliphatic rings. The van der Waals surface area contributed by atoms with Crippen LogP contribution in [0.4, 0.5) is 5.69 Å². The molecule has 0 aliphatic carbocycles. The van der Waals surface area contributed by atoms with Gasteiger partial charge in [0.15, 0.2) is 6.61 Å². The van der Waals surface area contributed by atoms with Crippen molar-refractivity contribution in [2.45, 2.75) is 11.8 Å². The molecule has 2 rings (SSSR count). The van der Waals surface area contributed by atoms with E-state index in [0.29, 0.717) is 10.2 Å². The summed E-state index contributed by atoms with van der Waals surface area (Å²) in [5, 5.41) is 2.59. The minimum absolute atomic E-state index is 0.0368. The van der Waals surface area contributed by atoms with Crippen LogP contribution >= 0.6 is 15.9 Å². The molecule has 0 saturated heterocycles. The fraction of sp³-hybridized carbons (Fsp3) is 0.176. The normalized spacial score (nSPS) is 11.0. The first kappa shape index (κ1) is 20.1. The summed E-state index contributed by atoms with van der Waals surface area (Å²) in [7, 11) is -3.81. The minimum Gasteiger partial charge on any atom is -0.455 e. The van der Waals surface area contributed by atoms with Gasteiger partial charge in [-0.25, -0.2) is 8.42 Å². The zero-order valence-corrected chi connectivity index (χ0v) is 16.3. The van der Waals surface area contributed by atoms with Crippen molar-refractivity contribution in [2.24, 2.45) is 0 Å². The summed E-state index contributed by atoms with van der Waals surface area (Å²) in [4.78, 5) is 23.5. The number of hydrogen-bond donors (Lipinski definition) is 2.